The number of rotatable bonds is 12. The Labute approximate surface area is 344 Å². The summed E-state index contributed by atoms with van der Waals surface area (Å²) >= 11 is 0. The van der Waals surface area contributed by atoms with Gasteiger partial charge in [-0.05, 0) is 65.2 Å². The maximum Gasteiger partial charge on any atom is 0.324 e. The number of carbonyl (C=O) groups is 3. The average molecular weight is 787 g/mol. The number of anilines is 1. The Morgan fingerprint density at radius 2 is 1.61 bits per heavy atom. The van der Waals surface area contributed by atoms with Crippen LogP contribution in [-0.4, -0.2) is 72.1 Å². The zero-order valence-corrected chi connectivity index (χ0v) is 32.8. The second-order valence-electron chi connectivity index (χ2n) is 15.1. The molecular formula is C49H46N4O6. The van der Waals surface area contributed by atoms with Crippen LogP contribution in [0.1, 0.15) is 51.6 Å². The van der Waals surface area contributed by atoms with Gasteiger partial charge in [0.1, 0.15) is 29.9 Å². The van der Waals surface area contributed by atoms with Crippen molar-refractivity contribution in [3.63, 3.8) is 0 Å². The van der Waals surface area contributed by atoms with Crippen LogP contribution in [0, 0.1) is 17.8 Å². The topological polar surface area (TPSA) is 120 Å². The van der Waals surface area contributed by atoms with Crippen LogP contribution in [0.25, 0.3) is 0 Å². The highest BCUT2D eigenvalue weighted by Crippen LogP contribution is 2.65. The van der Waals surface area contributed by atoms with E-state index in [2.05, 4.69) is 46.1 Å². The predicted octanol–water partition coefficient (Wildman–Crippen LogP) is 6.11. The van der Waals surface area contributed by atoms with Crippen LogP contribution >= 0.6 is 0 Å². The van der Waals surface area contributed by atoms with E-state index in [1.54, 1.807) is 12.1 Å². The largest absolute Gasteiger partial charge is 0.491 e. The molecule has 59 heavy (non-hydrogen) atoms. The van der Waals surface area contributed by atoms with Gasteiger partial charge in [0, 0.05) is 24.3 Å². The number of aliphatic hydroxyl groups excluding tert-OH is 1. The molecule has 10 heteroatoms. The molecule has 8 rings (SSSR count). The molecule has 5 aromatic rings. The summed E-state index contributed by atoms with van der Waals surface area (Å²) in [5.74, 6) is 4.31. The number of benzene rings is 5. The molecule has 2 amide bonds. The number of nitrogens with zero attached hydrogens (tertiary/aromatic N) is 2. The number of fused-ring (bicyclic) bond motifs is 3. The standard InChI is InChI=1S/C49H46N4O6/c1-3-26-50-46(55)41-43-47(56)59-44(36-20-11-6-12-21-36)42(35-18-9-5-10-19-35)53(43)45(37-22-13-23-38(31-37)58-29-28-54)49(41)39-30-33(24-25-40(39)51-48(49)57)17-14-27-52(2)32-34-15-7-4-8-16-34/h3-13,15-16,18-25,30-31,41-45,54H,1,26-29,32H2,2H3,(H,50,55)(H,51,57)/t41-,42-,43-,44+,45+,49-/m0/s1. The SMILES string of the molecule is C=CCNC(=O)[C@@H]1[C@H]2C(=O)O[C@H](c3ccccc3)[C@H](c3ccccc3)N2[C@H](c2cccc(OCCO)c2)[C@@]12C(=O)Nc1ccc(C#CCN(C)Cc3ccccc3)cc12. The summed E-state index contributed by atoms with van der Waals surface area (Å²) in [5.41, 5.74) is 3.52. The number of cyclic esters (lactones) is 1. The Morgan fingerprint density at radius 1 is 0.915 bits per heavy atom. The first-order valence-corrected chi connectivity index (χ1v) is 19.8. The van der Waals surface area contributed by atoms with Crippen LogP contribution in [0.3, 0.4) is 0 Å². The van der Waals surface area contributed by atoms with Crippen molar-refractivity contribution in [3.05, 3.63) is 179 Å². The summed E-state index contributed by atoms with van der Waals surface area (Å²) < 4.78 is 12.4. The summed E-state index contributed by atoms with van der Waals surface area (Å²) in [6.45, 7) is 5.01. The molecule has 0 unspecified atom stereocenters. The summed E-state index contributed by atoms with van der Waals surface area (Å²) in [5, 5.41) is 15.7. The molecule has 3 heterocycles. The minimum absolute atomic E-state index is 0.0547. The molecule has 0 aromatic heterocycles. The van der Waals surface area contributed by atoms with Crippen LogP contribution in [0.5, 0.6) is 5.75 Å². The van der Waals surface area contributed by atoms with Crippen molar-refractivity contribution >= 4 is 23.5 Å². The van der Waals surface area contributed by atoms with E-state index < -0.39 is 53.3 Å². The molecule has 10 nitrogen and oxygen atoms in total. The molecule has 0 radical (unpaired) electrons. The third-order valence-corrected chi connectivity index (χ3v) is 11.4. The van der Waals surface area contributed by atoms with Crippen molar-refractivity contribution in [2.75, 3.05) is 38.7 Å². The highest BCUT2D eigenvalue weighted by atomic mass is 16.6. The molecule has 298 valence electrons. The smallest absolute Gasteiger partial charge is 0.324 e. The summed E-state index contributed by atoms with van der Waals surface area (Å²) in [4.78, 5) is 49.3. The minimum Gasteiger partial charge on any atom is -0.491 e. The number of esters is 1. The van der Waals surface area contributed by atoms with Gasteiger partial charge in [-0.15, -0.1) is 6.58 Å². The van der Waals surface area contributed by atoms with Crippen LogP contribution in [0.15, 0.2) is 146 Å². The molecule has 0 aliphatic carbocycles. The van der Waals surface area contributed by atoms with E-state index in [1.807, 2.05) is 127 Å². The zero-order valence-electron chi connectivity index (χ0n) is 32.8. The number of hydrogen-bond donors (Lipinski definition) is 3. The molecule has 1 spiro atoms. The monoisotopic (exact) mass is 786 g/mol. The third-order valence-electron chi connectivity index (χ3n) is 11.4. The van der Waals surface area contributed by atoms with Gasteiger partial charge in [-0.3, -0.25) is 24.2 Å². The Balaban J connectivity index is 1.34. The van der Waals surface area contributed by atoms with E-state index in [0.717, 1.165) is 17.7 Å². The predicted molar refractivity (Wildman–Crippen MR) is 225 cm³/mol. The van der Waals surface area contributed by atoms with Gasteiger partial charge in [0.05, 0.1) is 31.2 Å². The average Bonchev–Trinajstić information content (AvgIpc) is 3.74. The fraction of sp³-hybridized carbons (Fsp3) is 0.245. The van der Waals surface area contributed by atoms with Gasteiger partial charge in [-0.2, -0.15) is 0 Å². The van der Waals surface area contributed by atoms with Crippen LogP contribution in [0.4, 0.5) is 5.69 Å². The second-order valence-corrected chi connectivity index (χ2v) is 15.1. The Kier molecular flexibility index (Phi) is 11.4. The highest BCUT2D eigenvalue weighted by molar-refractivity contribution is 6.12. The molecule has 0 saturated carbocycles. The number of hydrogen-bond acceptors (Lipinski definition) is 8. The Hall–Kier alpha value is -6.51. The highest BCUT2D eigenvalue weighted by Gasteiger charge is 2.74. The second kappa shape index (κ2) is 17.1. The van der Waals surface area contributed by atoms with Crippen molar-refractivity contribution in [2.45, 2.75) is 36.2 Å². The lowest BCUT2D eigenvalue weighted by Gasteiger charge is -2.46. The van der Waals surface area contributed by atoms with Crippen LogP contribution in [0.2, 0.25) is 0 Å². The van der Waals surface area contributed by atoms with Crippen LogP contribution < -0.4 is 15.4 Å². The van der Waals surface area contributed by atoms with Gasteiger partial charge < -0.3 is 25.2 Å². The molecule has 5 aromatic carbocycles. The zero-order chi connectivity index (χ0) is 40.9. The summed E-state index contributed by atoms with van der Waals surface area (Å²) in [7, 11) is 2.01. The number of ether oxygens (including phenoxy) is 2. The molecule has 0 bridgehead atoms. The molecular weight excluding hydrogens is 741 g/mol. The molecule has 6 atom stereocenters. The maximum absolute atomic E-state index is 15.3. The number of morpholine rings is 1. The van der Waals surface area contributed by atoms with Crippen molar-refractivity contribution in [2.24, 2.45) is 5.92 Å². The lowest BCUT2D eigenvalue weighted by molar-refractivity contribution is -0.178. The van der Waals surface area contributed by atoms with E-state index in [0.29, 0.717) is 34.7 Å². The number of carbonyl (C=O) groups excluding carboxylic acids is 3. The molecule has 3 N–H and O–H groups in total. The molecule has 3 aliphatic rings. The summed E-state index contributed by atoms with van der Waals surface area (Å²) in [6.07, 6.45) is 0.777. The van der Waals surface area contributed by atoms with E-state index in [4.69, 9.17) is 9.47 Å². The van der Waals surface area contributed by atoms with Gasteiger partial charge in [0.15, 0.2) is 0 Å². The molecule has 2 saturated heterocycles. The number of aliphatic hydroxyl groups is 1. The normalized spacial score (nSPS) is 23.1. The summed E-state index contributed by atoms with van der Waals surface area (Å²) in [6, 6.07) is 39.7. The quantitative estimate of drug-likeness (QED) is 0.0788. The molecule has 2 fully saturated rings. The lowest BCUT2D eigenvalue weighted by atomic mass is 9.65. The van der Waals surface area contributed by atoms with E-state index >= 15 is 4.79 Å². The van der Waals surface area contributed by atoms with Crippen molar-refractivity contribution < 1.29 is 29.0 Å². The first-order chi connectivity index (χ1) is 28.8. The van der Waals surface area contributed by atoms with Crippen molar-refractivity contribution in [1.29, 1.82) is 0 Å². The van der Waals surface area contributed by atoms with Gasteiger partial charge in [0.25, 0.3) is 0 Å². The van der Waals surface area contributed by atoms with E-state index in [9.17, 15) is 14.7 Å². The van der Waals surface area contributed by atoms with Crippen molar-refractivity contribution in [1.82, 2.24) is 15.1 Å². The number of amides is 2. The lowest BCUT2D eigenvalue weighted by Crippen LogP contribution is -2.54. The first kappa shape index (κ1) is 39.3. The third kappa shape index (κ3) is 7.41. The number of nitrogens with one attached hydrogen (secondary N) is 2. The van der Waals surface area contributed by atoms with Crippen molar-refractivity contribution in [3.8, 4) is 17.6 Å². The van der Waals surface area contributed by atoms with Gasteiger partial charge in [-0.1, -0.05) is 121 Å². The Bertz CT molecular complexity index is 2400. The fourth-order valence-corrected chi connectivity index (χ4v) is 9.12. The minimum atomic E-state index is -1.67. The first-order valence-electron chi connectivity index (χ1n) is 19.8. The fourth-order valence-electron chi connectivity index (χ4n) is 9.12. The van der Waals surface area contributed by atoms with Gasteiger partial charge in [-0.25, -0.2) is 0 Å². The van der Waals surface area contributed by atoms with Crippen LogP contribution in [-0.2, 0) is 31.1 Å². The van der Waals surface area contributed by atoms with Gasteiger partial charge >= 0.3 is 5.97 Å². The molecule has 3 aliphatic heterocycles. The maximum atomic E-state index is 15.3. The van der Waals surface area contributed by atoms with E-state index in [-0.39, 0.29) is 19.8 Å². The Morgan fingerprint density at radius 3 is 2.32 bits per heavy atom. The van der Waals surface area contributed by atoms with E-state index in [1.165, 1.54) is 5.56 Å². The van der Waals surface area contributed by atoms with Gasteiger partial charge in [0.2, 0.25) is 11.8 Å².